The van der Waals surface area contributed by atoms with Gasteiger partial charge in [-0.2, -0.15) is 0 Å². The van der Waals surface area contributed by atoms with Gasteiger partial charge in [0.15, 0.2) is 0 Å². The van der Waals surface area contributed by atoms with E-state index in [1.54, 1.807) is 0 Å². The van der Waals surface area contributed by atoms with Crippen molar-refractivity contribution in [3.05, 3.63) is 29.8 Å². The summed E-state index contributed by atoms with van der Waals surface area (Å²) < 4.78 is 6.18. The minimum Gasteiger partial charge on any atom is -0.368 e. The van der Waals surface area contributed by atoms with E-state index in [0.29, 0.717) is 11.3 Å². The van der Waals surface area contributed by atoms with Gasteiger partial charge in [0, 0.05) is 22.7 Å². The van der Waals surface area contributed by atoms with Gasteiger partial charge in [-0.3, -0.25) is 0 Å². The van der Waals surface area contributed by atoms with E-state index in [0.717, 1.165) is 13.0 Å². The predicted octanol–water partition coefficient (Wildman–Crippen LogP) is 4.62. The lowest BCUT2D eigenvalue weighted by Crippen LogP contribution is -2.30. The summed E-state index contributed by atoms with van der Waals surface area (Å²) in [5.74, 6) is 0. The van der Waals surface area contributed by atoms with E-state index in [1.165, 1.54) is 10.5 Å². The second kappa shape index (κ2) is 6.31. The minimum absolute atomic E-state index is 0.0116. The highest BCUT2D eigenvalue weighted by Crippen LogP contribution is 2.45. The van der Waals surface area contributed by atoms with Gasteiger partial charge in [0.05, 0.1) is 11.2 Å². The van der Waals surface area contributed by atoms with Crippen LogP contribution in [0.25, 0.3) is 0 Å². The van der Waals surface area contributed by atoms with E-state index >= 15 is 0 Å². The molecule has 0 bridgehead atoms. The Kier molecular flexibility index (Phi) is 5.07. The molecule has 1 atom stereocenters. The maximum absolute atomic E-state index is 6.18. The molecule has 1 aliphatic rings. The molecule has 1 fully saturated rings. The average Bonchev–Trinajstić information content (AvgIpc) is 2.56. The van der Waals surface area contributed by atoms with Crippen LogP contribution in [0.5, 0.6) is 0 Å². The van der Waals surface area contributed by atoms with Gasteiger partial charge in [-0.15, -0.1) is 11.8 Å². The SMILES string of the molecule is CC(C)NCc1ccc(SC2CC(C)(C)OC2(C)C)cc1. The highest BCUT2D eigenvalue weighted by atomic mass is 32.2. The topological polar surface area (TPSA) is 21.3 Å². The molecule has 2 rings (SSSR count). The van der Waals surface area contributed by atoms with Gasteiger partial charge in [-0.05, 0) is 51.8 Å². The Morgan fingerprint density at radius 3 is 2.29 bits per heavy atom. The molecular weight excluding hydrogens is 278 g/mol. The third-order valence-corrected chi connectivity index (χ3v) is 5.47. The predicted molar refractivity (Wildman–Crippen MR) is 91.9 cm³/mol. The average molecular weight is 308 g/mol. The van der Waals surface area contributed by atoms with Crippen molar-refractivity contribution in [2.45, 2.75) is 81.9 Å². The first-order valence-corrected chi connectivity index (χ1v) is 8.75. The molecule has 0 aliphatic carbocycles. The van der Waals surface area contributed by atoms with Crippen molar-refractivity contribution < 1.29 is 4.74 Å². The van der Waals surface area contributed by atoms with Crippen molar-refractivity contribution >= 4 is 11.8 Å². The zero-order chi connectivity index (χ0) is 15.7. The first-order valence-electron chi connectivity index (χ1n) is 7.87. The summed E-state index contributed by atoms with van der Waals surface area (Å²) >= 11 is 1.95. The maximum Gasteiger partial charge on any atom is 0.0756 e. The summed E-state index contributed by atoms with van der Waals surface area (Å²) in [6.07, 6.45) is 1.10. The van der Waals surface area contributed by atoms with Crippen LogP contribution in [-0.2, 0) is 11.3 Å². The lowest BCUT2D eigenvalue weighted by molar-refractivity contribution is -0.0631. The molecule has 118 valence electrons. The van der Waals surface area contributed by atoms with Crippen LogP contribution in [-0.4, -0.2) is 22.5 Å². The van der Waals surface area contributed by atoms with Crippen LogP contribution in [0.4, 0.5) is 0 Å². The second-order valence-corrected chi connectivity index (χ2v) is 8.73. The number of nitrogens with one attached hydrogen (secondary N) is 1. The Morgan fingerprint density at radius 1 is 1.19 bits per heavy atom. The largest absolute Gasteiger partial charge is 0.368 e. The van der Waals surface area contributed by atoms with Crippen molar-refractivity contribution in [3.63, 3.8) is 0 Å². The van der Waals surface area contributed by atoms with Crippen LogP contribution < -0.4 is 5.32 Å². The molecule has 0 radical (unpaired) electrons. The molecule has 0 spiro atoms. The number of hydrogen-bond donors (Lipinski definition) is 1. The van der Waals surface area contributed by atoms with Gasteiger partial charge >= 0.3 is 0 Å². The van der Waals surface area contributed by atoms with Gasteiger partial charge in [0.1, 0.15) is 0 Å². The molecule has 3 heteroatoms. The zero-order valence-electron chi connectivity index (χ0n) is 14.2. The molecule has 1 aromatic rings. The van der Waals surface area contributed by atoms with E-state index in [4.69, 9.17) is 4.74 Å². The maximum atomic E-state index is 6.18. The van der Waals surface area contributed by atoms with E-state index in [2.05, 4.69) is 71.1 Å². The Labute approximate surface area is 134 Å². The molecular formula is C18H29NOS. The molecule has 2 nitrogen and oxygen atoms in total. The molecule has 1 heterocycles. The van der Waals surface area contributed by atoms with E-state index in [1.807, 2.05) is 11.8 Å². The van der Waals surface area contributed by atoms with Crippen LogP contribution in [0.3, 0.4) is 0 Å². The van der Waals surface area contributed by atoms with Crippen molar-refractivity contribution in [2.24, 2.45) is 0 Å². The number of rotatable bonds is 5. The first-order chi connectivity index (χ1) is 9.68. The van der Waals surface area contributed by atoms with E-state index < -0.39 is 0 Å². The van der Waals surface area contributed by atoms with Gasteiger partial charge < -0.3 is 10.1 Å². The third-order valence-electron chi connectivity index (χ3n) is 3.91. The lowest BCUT2D eigenvalue weighted by Gasteiger charge is -2.27. The van der Waals surface area contributed by atoms with Gasteiger partial charge in [0.2, 0.25) is 0 Å². The monoisotopic (exact) mass is 307 g/mol. The molecule has 21 heavy (non-hydrogen) atoms. The molecule has 0 aromatic heterocycles. The molecule has 1 aromatic carbocycles. The highest BCUT2D eigenvalue weighted by Gasteiger charge is 2.46. The Hall–Kier alpha value is -0.510. The second-order valence-electron chi connectivity index (χ2n) is 7.46. The van der Waals surface area contributed by atoms with Gasteiger partial charge in [-0.25, -0.2) is 0 Å². The molecule has 1 N–H and O–H groups in total. The van der Waals surface area contributed by atoms with Crippen LogP contribution in [0.1, 0.15) is 53.5 Å². The van der Waals surface area contributed by atoms with Crippen LogP contribution >= 0.6 is 11.8 Å². The van der Waals surface area contributed by atoms with Crippen molar-refractivity contribution in [1.29, 1.82) is 0 Å². The van der Waals surface area contributed by atoms with Crippen LogP contribution in [0.2, 0.25) is 0 Å². The quantitative estimate of drug-likeness (QED) is 0.857. The summed E-state index contributed by atoms with van der Waals surface area (Å²) in [6.45, 7) is 14.1. The van der Waals surface area contributed by atoms with Crippen LogP contribution in [0, 0.1) is 0 Å². The molecule has 0 saturated carbocycles. The van der Waals surface area contributed by atoms with E-state index in [9.17, 15) is 0 Å². The first kappa shape index (κ1) is 16.9. The molecule has 1 unspecified atom stereocenters. The van der Waals surface area contributed by atoms with Crippen LogP contribution in [0.15, 0.2) is 29.2 Å². The summed E-state index contributed by atoms with van der Waals surface area (Å²) in [6, 6.07) is 9.46. The summed E-state index contributed by atoms with van der Waals surface area (Å²) in [5.41, 5.74) is 1.27. The summed E-state index contributed by atoms with van der Waals surface area (Å²) in [4.78, 5) is 1.34. The molecule has 1 aliphatic heterocycles. The Morgan fingerprint density at radius 2 is 1.81 bits per heavy atom. The molecule has 0 amide bonds. The fourth-order valence-corrected chi connectivity index (χ4v) is 4.31. The number of ether oxygens (including phenoxy) is 1. The Bertz CT molecular complexity index is 465. The molecule has 1 saturated heterocycles. The van der Waals surface area contributed by atoms with Crippen molar-refractivity contribution in [1.82, 2.24) is 5.32 Å². The van der Waals surface area contributed by atoms with E-state index in [-0.39, 0.29) is 11.2 Å². The fourth-order valence-electron chi connectivity index (χ4n) is 2.87. The van der Waals surface area contributed by atoms with Gasteiger partial charge in [-0.1, -0.05) is 26.0 Å². The highest BCUT2D eigenvalue weighted by molar-refractivity contribution is 8.00. The fraction of sp³-hybridized carbons (Fsp3) is 0.667. The minimum atomic E-state index is -0.0635. The van der Waals surface area contributed by atoms with Crippen molar-refractivity contribution in [3.8, 4) is 0 Å². The zero-order valence-corrected chi connectivity index (χ0v) is 15.0. The number of benzene rings is 1. The smallest absolute Gasteiger partial charge is 0.0756 e. The van der Waals surface area contributed by atoms with Gasteiger partial charge in [0.25, 0.3) is 0 Å². The summed E-state index contributed by atoms with van der Waals surface area (Å²) in [5, 5.41) is 3.96. The number of thioether (sulfide) groups is 1. The summed E-state index contributed by atoms with van der Waals surface area (Å²) in [7, 11) is 0. The van der Waals surface area contributed by atoms with Crippen molar-refractivity contribution in [2.75, 3.05) is 0 Å². The standard InChI is InChI=1S/C18H29NOS/c1-13(2)19-12-14-7-9-15(10-8-14)21-16-11-17(3,4)20-18(16,5)6/h7-10,13,16,19H,11-12H2,1-6H3. The normalized spacial score (nSPS) is 23.7. The Balaban J connectivity index is 1.97. The number of hydrogen-bond acceptors (Lipinski definition) is 3. The third kappa shape index (κ3) is 4.73. The lowest BCUT2D eigenvalue weighted by atomic mass is 10.0.